The smallest absolute Gasteiger partial charge is 0.0701 e. The van der Waals surface area contributed by atoms with Crippen LogP contribution < -0.4 is 5.32 Å². The first-order valence-electron chi connectivity index (χ1n) is 4.38. The second kappa shape index (κ2) is 4.82. The molecule has 0 saturated carbocycles. The van der Waals surface area contributed by atoms with E-state index < -0.39 is 0 Å². The normalized spacial score (nSPS) is 22.4. The zero-order valence-electron chi connectivity index (χ0n) is 7.25. The van der Waals surface area contributed by atoms with E-state index in [2.05, 4.69) is 44.5 Å². The first-order valence-corrected chi connectivity index (χ1v) is 7.21. The zero-order valence-corrected chi connectivity index (χ0v) is 10.5. The Morgan fingerprint density at radius 1 is 1.62 bits per heavy atom. The van der Waals surface area contributed by atoms with Gasteiger partial charge in [0.15, 0.2) is 0 Å². The van der Waals surface area contributed by atoms with E-state index in [1.165, 1.54) is 27.3 Å². The van der Waals surface area contributed by atoms with E-state index in [0.29, 0.717) is 0 Å². The molecule has 1 aliphatic heterocycles. The van der Waals surface area contributed by atoms with Crippen LogP contribution in [0.3, 0.4) is 0 Å². The fraction of sp³-hybridized carbons (Fsp3) is 0.556. The van der Waals surface area contributed by atoms with E-state index >= 15 is 0 Å². The molecule has 1 aliphatic rings. The molecule has 1 fully saturated rings. The first kappa shape index (κ1) is 10.0. The third-order valence-corrected chi connectivity index (χ3v) is 4.86. The van der Waals surface area contributed by atoms with Gasteiger partial charge < -0.3 is 5.32 Å². The number of nitrogens with one attached hydrogen (secondary N) is 1. The molecule has 2 rings (SSSR count). The highest BCUT2D eigenvalue weighted by Crippen LogP contribution is 2.21. The summed E-state index contributed by atoms with van der Waals surface area (Å²) in [5, 5.41) is 5.78. The SMILES string of the molecule is Brc1cc(CNC2CCSC2)cs1. The number of thiophene rings is 1. The van der Waals surface area contributed by atoms with Crippen molar-refractivity contribution in [1.82, 2.24) is 5.32 Å². The average molecular weight is 278 g/mol. The first-order chi connectivity index (χ1) is 6.34. The maximum Gasteiger partial charge on any atom is 0.0701 e. The van der Waals surface area contributed by atoms with Crippen molar-refractivity contribution in [3.63, 3.8) is 0 Å². The van der Waals surface area contributed by atoms with Gasteiger partial charge in [0.2, 0.25) is 0 Å². The summed E-state index contributed by atoms with van der Waals surface area (Å²) in [6, 6.07) is 2.93. The minimum Gasteiger partial charge on any atom is -0.309 e. The van der Waals surface area contributed by atoms with Crippen molar-refractivity contribution in [2.45, 2.75) is 19.0 Å². The Hall–Kier alpha value is 0.490. The molecule has 1 atom stereocenters. The van der Waals surface area contributed by atoms with Crippen molar-refractivity contribution in [3.05, 3.63) is 20.8 Å². The predicted octanol–water partition coefficient (Wildman–Crippen LogP) is 3.11. The highest BCUT2D eigenvalue weighted by atomic mass is 79.9. The summed E-state index contributed by atoms with van der Waals surface area (Å²) < 4.78 is 1.23. The number of halogens is 1. The molecule has 0 amide bonds. The molecule has 0 radical (unpaired) electrons. The van der Waals surface area contributed by atoms with E-state index in [9.17, 15) is 0 Å². The van der Waals surface area contributed by atoms with Crippen LogP contribution in [0.4, 0.5) is 0 Å². The van der Waals surface area contributed by atoms with Crippen LogP contribution in [-0.4, -0.2) is 17.5 Å². The molecule has 1 saturated heterocycles. The lowest BCUT2D eigenvalue weighted by Gasteiger charge is -2.09. The summed E-state index contributed by atoms with van der Waals surface area (Å²) in [5.74, 6) is 2.61. The second-order valence-electron chi connectivity index (χ2n) is 3.20. The predicted molar refractivity (Wildman–Crippen MR) is 64.6 cm³/mol. The summed E-state index contributed by atoms with van der Waals surface area (Å²) in [5.41, 5.74) is 1.40. The topological polar surface area (TPSA) is 12.0 Å². The molecular weight excluding hydrogens is 266 g/mol. The molecule has 1 N–H and O–H groups in total. The largest absolute Gasteiger partial charge is 0.309 e. The second-order valence-corrected chi connectivity index (χ2v) is 6.64. The molecular formula is C9H12BrNS2. The van der Waals surface area contributed by atoms with E-state index in [1.807, 2.05) is 0 Å². The molecule has 0 spiro atoms. The third kappa shape index (κ3) is 2.98. The van der Waals surface area contributed by atoms with Crippen molar-refractivity contribution >= 4 is 39.0 Å². The Bertz CT molecular complexity index is 268. The number of rotatable bonds is 3. The Morgan fingerprint density at radius 2 is 2.54 bits per heavy atom. The Morgan fingerprint density at radius 3 is 3.15 bits per heavy atom. The zero-order chi connectivity index (χ0) is 9.10. The Labute approximate surface area is 95.4 Å². The van der Waals surface area contributed by atoms with Crippen LogP contribution >= 0.6 is 39.0 Å². The van der Waals surface area contributed by atoms with Crippen LogP contribution in [0.5, 0.6) is 0 Å². The van der Waals surface area contributed by atoms with Crippen LogP contribution in [0.1, 0.15) is 12.0 Å². The van der Waals surface area contributed by atoms with Crippen LogP contribution in [0.15, 0.2) is 15.2 Å². The van der Waals surface area contributed by atoms with Crippen molar-refractivity contribution in [2.24, 2.45) is 0 Å². The van der Waals surface area contributed by atoms with Gasteiger partial charge in [-0.2, -0.15) is 11.8 Å². The number of hydrogen-bond donors (Lipinski definition) is 1. The number of hydrogen-bond acceptors (Lipinski definition) is 3. The van der Waals surface area contributed by atoms with Crippen LogP contribution in [0.2, 0.25) is 0 Å². The standard InChI is InChI=1S/C9H12BrNS2/c10-9-3-7(5-13-9)4-11-8-1-2-12-6-8/h3,5,8,11H,1-2,4,6H2. The van der Waals surface area contributed by atoms with E-state index in [-0.39, 0.29) is 0 Å². The number of thioether (sulfide) groups is 1. The summed E-state index contributed by atoms with van der Waals surface area (Å²) >= 11 is 7.28. The quantitative estimate of drug-likeness (QED) is 0.911. The van der Waals surface area contributed by atoms with Crippen molar-refractivity contribution in [2.75, 3.05) is 11.5 Å². The van der Waals surface area contributed by atoms with E-state index in [1.54, 1.807) is 11.3 Å². The molecule has 0 aromatic carbocycles. The van der Waals surface area contributed by atoms with Gasteiger partial charge in [-0.3, -0.25) is 0 Å². The van der Waals surface area contributed by atoms with Gasteiger partial charge in [-0.15, -0.1) is 11.3 Å². The lowest BCUT2D eigenvalue weighted by molar-refractivity contribution is 0.558. The van der Waals surface area contributed by atoms with E-state index in [0.717, 1.165) is 12.6 Å². The van der Waals surface area contributed by atoms with Gasteiger partial charge in [0.25, 0.3) is 0 Å². The molecule has 13 heavy (non-hydrogen) atoms. The van der Waals surface area contributed by atoms with E-state index in [4.69, 9.17) is 0 Å². The van der Waals surface area contributed by atoms with Crippen LogP contribution in [-0.2, 0) is 6.54 Å². The fourth-order valence-electron chi connectivity index (χ4n) is 1.40. The minimum atomic E-state index is 0.740. The molecule has 4 heteroatoms. The van der Waals surface area contributed by atoms with Crippen molar-refractivity contribution < 1.29 is 0 Å². The fourth-order valence-corrected chi connectivity index (χ4v) is 3.79. The Balaban J connectivity index is 1.78. The summed E-state index contributed by atoms with van der Waals surface area (Å²) in [4.78, 5) is 0. The lowest BCUT2D eigenvalue weighted by Crippen LogP contribution is -2.27. The molecule has 0 bridgehead atoms. The molecule has 72 valence electrons. The average Bonchev–Trinajstić information content (AvgIpc) is 2.71. The summed E-state index contributed by atoms with van der Waals surface area (Å²) in [6.07, 6.45) is 1.33. The van der Waals surface area contributed by atoms with Gasteiger partial charge >= 0.3 is 0 Å². The highest BCUT2D eigenvalue weighted by molar-refractivity contribution is 9.11. The molecule has 1 aromatic heterocycles. The van der Waals surface area contributed by atoms with Gasteiger partial charge in [-0.05, 0) is 45.1 Å². The van der Waals surface area contributed by atoms with Gasteiger partial charge in [-0.25, -0.2) is 0 Å². The highest BCUT2D eigenvalue weighted by Gasteiger charge is 2.14. The van der Waals surface area contributed by atoms with Gasteiger partial charge in [0.05, 0.1) is 3.79 Å². The van der Waals surface area contributed by atoms with Gasteiger partial charge in [0.1, 0.15) is 0 Å². The van der Waals surface area contributed by atoms with Crippen LogP contribution in [0.25, 0.3) is 0 Å². The summed E-state index contributed by atoms with van der Waals surface area (Å²) in [7, 11) is 0. The maximum absolute atomic E-state index is 3.58. The monoisotopic (exact) mass is 277 g/mol. The molecule has 0 aliphatic carbocycles. The van der Waals surface area contributed by atoms with Gasteiger partial charge in [-0.1, -0.05) is 0 Å². The summed E-state index contributed by atoms with van der Waals surface area (Å²) in [6.45, 7) is 1.02. The third-order valence-electron chi connectivity index (χ3n) is 2.15. The molecule has 2 heterocycles. The van der Waals surface area contributed by atoms with Crippen LogP contribution in [0, 0.1) is 0 Å². The maximum atomic E-state index is 3.58. The molecule has 1 unspecified atom stereocenters. The molecule has 1 aromatic rings. The van der Waals surface area contributed by atoms with Crippen molar-refractivity contribution in [1.29, 1.82) is 0 Å². The lowest BCUT2D eigenvalue weighted by atomic mass is 10.2. The minimum absolute atomic E-state index is 0.740. The Kier molecular flexibility index (Phi) is 3.72. The molecule has 1 nitrogen and oxygen atoms in total. The van der Waals surface area contributed by atoms with Crippen molar-refractivity contribution in [3.8, 4) is 0 Å². The van der Waals surface area contributed by atoms with Gasteiger partial charge in [0, 0.05) is 18.3 Å².